The van der Waals surface area contributed by atoms with Gasteiger partial charge in [0, 0.05) is 36.1 Å². The van der Waals surface area contributed by atoms with E-state index in [9.17, 15) is 22.4 Å². The van der Waals surface area contributed by atoms with Crippen LogP contribution in [-0.2, 0) is 19.8 Å². The molecule has 172 valence electrons. The highest BCUT2D eigenvalue weighted by Crippen LogP contribution is 2.33. The molecule has 0 saturated carbocycles. The van der Waals surface area contributed by atoms with Crippen LogP contribution in [0.15, 0.2) is 73.1 Å². The molecule has 0 spiro atoms. The van der Waals surface area contributed by atoms with Crippen LogP contribution >= 0.6 is 0 Å². The summed E-state index contributed by atoms with van der Waals surface area (Å²) in [4.78, 5) is 17.6. The minimum absolute atomic E-state index is 0.103. The number of aromatic nitrogens is 3. The Morgan fingerprint density at radius 1 is 1.03 bits per heavy atom. The first-order chi connectivity index (χ1) is 16.2. The smallest absolute Gasteiger partial charge is 0.336 e. The molecule has 34 heavy (non-hydrogen) atoms. The number of halogens is 4. The van der Waals surface area contributed by atoms with E-state index in [0.717, 1.165) is 23.2 Å². The van der Waals surface area contributed by atoms with E-state index in [1.165, 1.54) is 30.5 Å². The Morgan fingerprint density at radius 3 is 2.62 bits per heavy atom. The van der Waals surface area contributed by atoms with Gasteiger partial charge in [0.2, 0.25) is 0 Å². The molecule has 0 fully saturated rings. The Hall–Kier alpha value is -4.14. The van der Waals surface area contributed by atoms with Crippen molar-refractivity contribution in [2.75, 3.05) is 5.32 Å². The number of rotatable bonds is 4. The molecule has 0 bridgehead atoms. The number of anilines is 1. The summed E-state index contributed by atoms with van der Waals surface area (Å²) < 4.78 is 56.9. The molecule has 5 aromatic rings. The third kappa shape index (κ3) is 4.00. The third-order valence-electron chi connectivity index (χ3n) is 5.66. The van der Waals surface area contributed by atoms with Gasteiger partial charge in [-0.15, -0.1) is 0 Å². The number of hydrogen-bond donors (Lipinski definition) is 1. The first-order valence-corrected chi connectivity index (χ1v) is 10.4. The highest BCUT2D eigenvalue weighted by Gasteiger charge is 2.31. The van der Waals surface area contributed by atoms with Crippen LogP contribution in [-0.4, -0.2) is 20.0 Å². The van der Waals surface area contributed by atoms with Gasteiger partial charge in [-0.3, -0.25) is 4.79 Å². The van der Waals surface area contributed by atoms with Crippen molar-refractivity contribution in [2.45, 2.75) is 12.7 Å². The minimum Gasteiger partial charge on any atom is -0.336 e. The van der Waals surface area contributed by atoms with E-state index in [-0.39, 0.29) is 17.6 Å². The maximum absolute atomic E-state index is 13.7. The van der Waals surface area contributed by atoms with E-state index >= 15 is 0 Å². The van der Waals surface area contributed by atoms with Crippen molar-refractivity contribution in [1.29, 1.82) is 0 Å². The Morgan fingerprint density at radius 2 is 1.85 bits per heavy atom. The number of hydrogen-bond acceptors (Lipinski definition) is 2. The number of nitrogens with one attached hydrogen (secondary N) is 1. The molecule has 0 aliphatic carbocycles. The molecule has 0 saturated heterocycles. The molecule has 2 aromatic carbocycles. The molecule has 3 aromatic heterocycles. The molecule has 5 rings (SSSR count). The van der Waals surface area contributed by atoms with Crippen LogP contribution in [0, 0.1) is 5.82 Å². The maximum atomic E-state index is 13.7. The first-order valence-electron chi connectivity index (χ1n) is 10.4. The van der Waals surface area contributed by atoms with Gasteiger partial charge in [0.15, 0.2) is 0 Å². The van der Waals surface area contributed by atoms with Gasteiger partial charge in [-0.1, -0.05) is 12.1 Å². The number of fused-ring (bicyclic) bond motifs is 2. The number of benzene rings is 2. The summed E-state index contributed by atoms with van der Waals surface area (Å²) in [6.45, 7) is 0.103. The van der Waals surface area contributed by atoms with Gasteiger partial charge < -0.3 is 14.5 Å². The number of aryl methyl sites for hydroxylation is 1. The Bertz CT molecular complexity index is 1550. The molecule has 1 amide bonds. The van der Waals surface area contributed by atoms with Crippen LogP contribution in [0.5, 0.6) is 0 Å². The van der Waals surface area contributed by atoms with Crippen molar-refractivity contribution in [3.63, 3.8) is 0 Å². The van der Waals surface area contributed by atoms with Crippen LogP contribution in [0.2, 0.25) is 0 Å². The lowest BCUT2D eigenvalue weighted by Crippen LogP contribution is -2.17. The normalized spacial score (nSPS) is 11.9. The standard InChI is InChI=1S/C25H18F4N4O/c1-32-8-7-16-11-20(13-30-23(16)32)31-24(34)22-12-17-10-18(25(27,28)29)5-6-21(17)33(22)14-15-3-2-4-19(26)9-15/h2-13H,14H2,1H3,(H,31,34). The van der Waals surface area contributed by atoms with Gasteiger partial charge in [0.1, 0.15) is 17.2 Å². The van der Waals surface area contributed by atoms with Crippen molar-refractivity contribution < 1.29 is 22.4 Å². The van der Waals surface area contributed by atoms with Gasteiger partial charge in [-0.25, -0.2) is 9.37 Å². The highest BCUT2D eigenvalue weighted by molar-refractivity contribution is 6.07. The minimum atomic E-state index is -4.52. The van der Waals surface area contributed by atoms with Crippen LogP contribution in [0.1, 0.15) is 21.6 Å². The van der Waals surface area contributed by atoms with Gasteiger partial charge in [0.05, 0.1) is 17.4 Å². The van der Waals surface area contributed by atoms with E-state index in [2.05, 4.69) is 10.3 Å². The van der Waals surface area contributed by atoms with E-state index in [0.29, 0.717) is 16.8 Å². The van der Waals surface area contributed by atoms with E-state index in [4.69, 9.17) is 0 Å². The lowest BCUT2D eigenvalue weighted by Gasteiger charge is -2.12. The average Bonchev–Trinajstić information content (AvgIpc) is 3.33. The molecule has 0 aliphatic heterocycles. The molecule has 0 aliphatic rings. The number of pyridine rings is 1. The van der Waals surface area contributed by atoms with E-state index in [1.54, 1.807) is 22.8 Å². The fraction of sp³-hybridized carbons (Fsp3) is 0.120. The van der Waals surface area contributed by atoms with E-state index in [1.807, 2.05) is 23.9 Å². The van der Waals surface area contributed by atoms with Crippen molar-refractivity contribution in [3.05, 3.63) is 95.7 Å². The lowest BCUT2D eigenvalue weighted by atomic mass is 10.1. The molecule has 3 heterocycles. The molecule has 1 N–H and O–H groups in total. The fourth-order valence-corrected chi connectivity index (χ4v) is 4.04. The summed E-state index contributed by atoms with van der Waals surface area (Å²) in [6, 6.07) is 14.2. The van der Waals surface area contributed by atoms with E-state index < -0.39 is 23.5 Å². The Kier molecular flexibility index (Phi) is 5.11. The van der Waals surface area contributed by atoms with Crippen LogP contribution in [0.3, 0.4) is 0 Å². The Balaban J connectivity index is 1.57. The zero-order valence-corrected chi connectivity index (χ0v) is 17.9. The van der Waals surface area contributed by atoms with Crippen molar-refractivity contribution in [1.82, 2.24) is 14.1 Å². The molecule has 5 nitrogen and oxygen atoms in total. The summed E-state index contributed by atoms with van der Waals surface area (Å²) >= 11 is 0. The predicted molar refractivity (Wildman–Crippen MR) is 121 cm³/mol. The van der Waals surface area contributed by atoms with Crippen molar-refractivity contribution >= 4 is 33.5 Å². The zero-order valence-electron chi connectivity index (χ0n) is 17.9. The third-order valence-corrected chi connectivity index (χ3v) is 5.66. The number of carbonyl (C=O) groups excluding carboxylic acids is 1. The number of amides is 1. The topological polar surface area (TPSA) is 51.9 Å². The van der Waals surface area contributed by atoms with Crippen LogP contribution in [0.4, 0.5) is 23.2 Å². The van der Waals surface area contributed by atoms with Gasteiger partial charge in [0.25, 0.3) is 5.91 Å². The summed E-state index contributed by atoms with van der Waals surface area (Å²) in [7, 11) is 1.85. The van der Waals surface area contributed by atoms with Gasteiger partial charge in [-0.2, -0.15) is 13.2 Å². The van der Waals surface area contributed by atoms with Crippen molar-refractivity contribution in [3.8, 4) is 0 Å². The summed E-state index contributed by atoms with van der Waals surface area (Å²) in [5.74, 6) is -0.959. The quantitative estimate of drug-likeness (QED) is 0.331. The molecule has 0 radical (unpaired) electrons. The second-order valence-corrected chi connectivity index (χ2v) is 8.03. The maximum Gasteiger partial charge on any atom is 0.416 e. The van der Waals surface area contributed by atoms with Crippen LogP contribution < -0.4 is 5.32 Å². The fourth-order valence-electron chi connectivity index (χ4n) is 4.04. The molecular weight excluding hydrogens is 448 g/mol. The summed E-state index contributed by atoms with van der Waals surface area (Å²) in [5, 5.41) is 3.86. The second kappa shape index (κ2) is 8.02. The predicted octanol–water partition coefficient (Wildman–Crippen LogP) is 5.99. The van der Waals surface area contributed by atoms with Crippen molar-refractivity contribution in [2.24, 2.45) is 7.05 Å². The monoisotopic (exact) mass is 466 g/mol. The molecule has 0 unspecified atom stereocenters. The number of nitrogens with zero attached hydrogens (tertiary/aromatic N) is 3. The lowest BCUT2D eigenvalue weighted by molar-refractivity contribution is -0.137. The Labute approximate surface area is 191 Å². The largest absolute Gasteiger partial charge is 0.416 e. The van der Waals surface area contributed by atoms with Gasteiger partial charge in [-0.05, 0) is 54.1 Å². The molecule has 9 heteroatoms. The summed E-state index contributed by atoms with van der Waals surface area (Å²) in [6.07, 6.45) is -1.15. The second-order valence-electron chi connectivity index (χ2n) is 8.03. The SMILES string of the molecule is Cn1ccc2cc(NC(=O)c3cc4cc(C(F)(F)F)ccc4n3Cc3cccc(F)c3)cnc21. The first kappa shape index (κ1) is 21.7. The number of alkyl halides is 3. The average molecular weight is 466 g/mol. The molecular formula is C25H18F4N4O. The van der Waals surface area contributed by atoms with Gasteiger partial charge >= 0.3 is 6.18 Å². The molecule has 0 atom stereocenters. The van der Waals surface area contributed by atoms with Crippen LogP contribution in [0.25, 0.3) is 21.9 Å². The summed E-state index contributed by atoms with van der Waals surface area (Å²) in [5.41, 5.74) is 1.53. The zero-order chi connectivity index (χ0) is 24.0. The highest BCUT2D eigenvalue weighted by atomic mass is 19.4. The number of carbonyl (C=O) groups is 1.